The highest BCUT2D eigenvalue weighted by molar-refractivity contribution is 5.88. The normalized spacial score (nSPS) is 12.3. The molecule has 0 saturated carbocycles. The second kappa shape index (κ2) is 6.58. The van der Waals surface area contributed by atoms with E-state index >= 15 is 0 Å². The Labute approximate surface area is 129 Å². The summed E-state index contributed by atoms with van der Waals surface area (Å²) in [5.74, 6) is 0.590. The summed E-state index contributed by atoms with van der Waals surface area (Å²) in [5.41, 5.74) is 6.89. The molecule has 0 fully saturated rings. The average Bonchev–Trinajstić information content (AvgIpc) is 2.55. The number of hydrogen-bond donors (Lipinski definition) is 1. The minimum Gasteiger partial charge on any atom is -0.493 e. The van der Waals surface area contributed by atoms with Crippen molar-refractivity contribution >= 4 is 10.8 Å². The lowest BCUT2D eigenvalue weighted by Gasteiger charge is -2.14. The Balaban J connectivity index is 1.65. The topological polar surface area (TPSA) is 35.2 Å². The van der Waals surface area contributed by atoms with Crippen LogP contribution in [0.4, 0.5) is 4.39 Å². The van der Waals surface area contributed by atoms with Gasteiger partial charge in [0.05, 0.1) is 6.61 Å². The summed E-state index contributed by atoms with van der Waals surface area (Å²) in [6.45, 7) is 0.492. The Morgan fingerprint density at radius 2 is 1.73 bits per heavy atom. The molecule has 22 heavy (non-hydrogen) atoms. The van der Waals surface area contributed by atoms with E-state index in [-0.39, 0.29) is 11.9 Å². The number of benzene rings is 3. The molecule has 0 aliphatic carbocycles. The van der Waals surface area contributed by atoms with Gasteiger partial charge in [-0.3, -0.25) is 0 Å². The Morgan fingerprint density at radius 3 is 2.59 bits per heavy atom. The zero-order valence-corrected chi connectivity index (χ0v) is 12.2. The van der Waals surface area contributed by atoms with Gasteiger partial charge >= 0.3 is 0 Å². The number of halogens is 1. The largest absolute Gasteiger partial charge is 0.493 e. The smallest absolute Gasteiger partial charge is 0.127 e. The number of hydrogen-bond acceptors (Lipinski definition) is 2. The zero-order chi connectivity index (χ0) is 15.4. The number of fused-ring (bicyclic) bond motifs is 1. The summed E-state index contributed by atoms with van der Waals surface area (Å²) in [4.78, 5) is 0. The molecule has 3 aromatic rings. The van der Waals surface area contributed by atoms with E-state index in [1.165, 1.54) is 12.1 Å². The molecule has 0 heterocycles. The van der Waals surface area contributed by atoms with Crippen LogP contribution >= 0.6 is 0 Å². The molecule has 0 bridgehead atoms. The first-order valence-electron chi connectivity index (χ1n) is 7.35. The van der Waals surface area contributed by atoms with Crippen LogP contribution in [0.5, 0.6) is 5.75 Å². The lowest BCUT2D eigenvalue weighted by molar-refractivity contribution is 0.302. The third-order valence-electron chi connectivity index (χ3n) is 3.71. The third kappa shape index (κ3) is 3.26. The van der Waals surface area contributed by atoms with Crippen LogP contribution in [-0.4, -0.2) is 6.61 Å². The van der Waals surface area contributed by atoms with Gasteiger partial charge in [-0.2, -0.15) is 0 Å². The van der Waals surface area contributed by atoms with Crippen LogP contribution in [0.15, 0.2) is 66.7 Å². The van der Waals surface area contributed by atoms with Crippen LogP contribution in [0, 0.1) is 5.82 Å². The predicted molar refractivity (Wildman–Crippen MR) is 87.4 cm³/mol. The Hall–Kier alpha value is -2.39. The molecular weight excluding hydrogens is 277 g/mol. The molecule has 0 aromatic heterocycles. The molecular formula is C19H18FNO. The summed E-state index contributed by atoms with van der Waals surface area (Å²) < 4.78 is 19.1. The maximum absolute atomic E-state index is 13.2. The molecule has 0 saturated heterocycles. The van der Waals surface area contributed by atoms with Crippen LogP contribution in [0.25, 0.3) is 10.8 Å². The van der Waals surface area contributed by atoms with Crippen LogP contribution in [0.2, 0.25) is 0 Å². The minimum absolute atomic E-state index is 0.231. The van der Waals surface area contributed by atoms with E-state index in [1.54, 1.807) is 6.07 Å². The lowest BCUT2D eigenvalue weighted by Crippen LogP contribution is -2.14. The van der Waals surface area contributed by atoms with Gasteiger partial charge in [0.25, 0.3) is 0 Å². The van der Waals surface area contributed by atoms with Gasteiger partial charge in [-0.1, -0.05) is 48.5 Å². The fourth-order valence-corrected chi connectivity index (χ4v) is 2.52. The molecule has 0 radical (unpaired) electrons. The SMILES string of the molecule is N[C@@H](CCOc1cccc2ccccc12)c1cccc(F)c1. The molecule has 0 amide bonds. The van der Waals surface area contributed by atoms with Gasteiger partial charge in [0, 0.05) is 17.8 Å². The van der Waals surface area contributed by atoms with E-state index < -0.39 is 0 Å². The van der Waals surface area contributed by atoms with Gasteiger partial charge in [0.2, 0.25) is 0 Å². The fourth-order valence-electron chi connectivity index (χ4n) is 2.52. The Kier molecular flexibility index (Phi) is 4.35. The van der Waals surface area contributed by atoms with E-state index in [0.717, 1.165) is 22.1 Å². The third-order valence-corrected chi connectivity index (χ3v) is 3.71. The van der Waals surface area contributed by atoms with E-state index in [4.69, 9.17) is 10.5 Å². The molecule has 2 N–H and O–H groups in total. The van der Waals surface area contributed by atoms with Crippen LogP contribution in [0.3, 0.4) is 0 Å². The van der Waals surface area contributed by atoms with Crippen LogP contribution in [-0.2, 0) is 0 Å². The number of ether oxygens (including phenoxy) is 1. The van der Waals surface area contributed by atoms with Gasteiger partial charge in [-0.05, 0) is 29.1 Å². The average molecular weight is 295 g/mol. The highest BCUT2D eigenvalue weighted by atomic mass is 19.1. The summed E-state index contributed by atoms with van der Waals surface area (Å²) in [5, 5.41) is 2.23. The van der Waals surface area contributed by atoms with Crippen molar-refractivity contribution < 1.29 is 9.13 Å². The van der Waals surface area contributed by atoms with Gasteiger partial charge in [-0.15, -0.1) is 0 Å². The quantitative estimate of drug-likeness (QED) is 0.755. The lowest BCUT2D eigenvalue weighted by atomic mass is 10.1. The summed E-state index contributed by atoms with van der Waals surface area (Å²) in [7, 11) is 0. The van der Waals surface area contributed by atoms with Crippen molar-refractivity contribution in [2.45, 2.75) is 12.5 Å². The van der Waals surface area contributed by atoms with Crippen molar-refractivity contribution in [3.63, 3.8) is 0 Å². The van der Waals surface area contributed by atoms with Crippen molar-refractivity contribution in [1.82, 2.24) is 0 Å². The first kappa shape index (κ1) is 14.5. The van der Waals surface area contributed by atoms with Gasteiger partial charge in [-0.25, -0.2) is 4.39 Å². The molecule has 2 nitrogen and oxygen atoms in total. The first-order chi connectivity index (χ1) is 10.7. The van der Waals surface area contributed by atoms with E-state index in [2.05, 4.69) is 12.1 Å². The van der Waals surface area contributed by atoms with Gasteiger partial charge in [0.15, 0.2) is 0 Å². The van der Waals surface area contributed by atoms with Crippen LogP contribution < -0.4 is 10.5 Å². The van der Waals surface area contributed by atoms with Crippen molar-refractivity contribution in [1.29, 1.82) is 0 Å². The monoisotopic (exact) mass is 295 g/mol. The minimum atomic E-state index is -0.261. The number of rotatable bonds is 5. The van der Waals surface area contributed by atoms with Gasteiger partial charge < -0.3 is 10.5 Å². The maximum atomic E-state index is 13.2. The molecule has 3 aromatic carbocycles. The maximum Gasteiger partial charge on any atom is 0.127 e. The van der Waals surface area contributed by atoms with E-state index in [0.29, 0.717) is 13.0 Å². The first-order valence-corrected chi connectivity index (χ1v) is 7.35. The second-order valence-electron chi connectivity index (χ2n) is 5.28. The van der Waals surface area contributed by atoms with Gasteiger partial charge in [0.1, 0.15) is 11.6 Å². The molecule has 0 aliphatic heterocycles. The molecule has 0 unspecified atom stereocenters. The highest BCUT2D eigenvalue weighted by Crippen LogP contribution is 2.25. The molecule has 3 rings (SSSR count). The summed E-state index contributed by atoms with van der Waals surface area (Å²) in [6, 6.07) is 20.3. The molecule has 112 valence electrons. The fraction of sp³-hybridized carbons (Fsp3) is 0.158. The van der Waals surface area contributed by atoms with E-state index in [1.807, 2.05) is 36.4 Å². The summed E-state index contributed by atoms with van der Waals surface area (Å²) >= 11 is 0. The van der Waals surface area contributed by atoms with Crippen molar-refractivity contribution in [3.05, 3.63) is 78.1 Å². The van der Waals surface area contributed by atoms with Crippen molar-refractivity contribution in [2.24, 2.45) is 5.73 Å². The Morgan fingerprint density at radius 1 is 0.955 bits per heavy atom. The molecule has 1 atom stereocenters. The van der Waals surface area contributed by atoms with E-state index in [9.17, 15) is 4.39 Å². The van der Waals surface area contributed by atoms with Crippen molar-refractivity contribution in [2.75, 3.05) is 6.61 Å². The standard InChI is InChI=1S/C19H18FNO/c20-16-8-3-7-15(13-16)18(21)11-12-22-19-10-4-6-14-5-1-2-9-17(14)19/h1-10,13,18H,11-12,21H2/t18-/m0/s1. The molecule has 0 spiro atoms. The Bertz CT molecular complexity index is 767. The van der Waals surface area contributed by atoms with Crippen LogP contribution in [0.1, 0.15) is 18.0 Å². The highest BCUT2D eigenvalue weighted by Gasteiger charge is 2.08. The van der Waals surface area contributed by atoms with Crippen molar-refractivity contribution in [3.8, 4) is 5.75 Å². The predicted octanol–water partition coefficient (Wildman–Crippen LogP) is 4.45. The number of nitrogens with two attached hydrogens (primary N) is 1. The molecule has 0 aliphatic rings. The summed E-state index contributed by atoms with van der Waals surface area (Å²) in [6.07, 6.45) is 0.632. The molecule has 3 heteroatoms. The second-order valence-corrected chi connectivity index (χ2v) is 5.28. The zero-order valence-electron chi connectivity index (χ0n) is 12.2.